The number of hydrogen-bond donors (Lipinski definition) is 1. The van der Waals surface area contributed by atoms with Gasteiger partial charge in [-0.2, -0.15) is 0 Å². The molecule has 3 heteroatoms. The highest BCUT2D eigenvalue weighted by Gasteiger charge is 2.19. The van der Waals surface area contributed by atoms with Gasteiger partial charge in [0.25, 0.3) is 0 Å². The number of benzene rings is 2. The highest BCUT2D eigenvalue weighted by molar-refractivity contribution is 5.62. The van der Waals surface area contributed by atoms with Crippen LogP contribution in [0.5, 0.6) is 0 Å². The fourth-order valence-electron chi connectivity index (χ4n) is 3.79. The van der Waals surface area contributed by atoms with Crippen LogP contribution >= 0.6 is 0 Å². The van der Waals surface area contributed by atoms with Crippen LogP contribution < -0.4 is 4.90 Å². The minimum absolute atomic E-state index is 0.326. The molecule has 0 spiro atoms. The van der Waals surface area contributed by atoms with Crippen molar-refractivity contribution in [1.29, 1.82) is 0 Å². The van der Waals surface area contributed by atoms with E-state index >= 15 is 0 Å². The number of aliphatic hydroxyl groups is 1. The van der Waals surface area contributed by atoms with E-state index < -0.39 is 0 Å². The zero-order valence-corrected chi connectivity index (χ0v) is 15.3. The quantitative estimate of drug-likeness (QED) is 0.808. The van der Waals surface area contributed by atoms with Crippen LogP contribution in [0.3, 0.4) is 0 Å². The van der Waals surface area contributed by atoms with Crippen molar-refractivity contribution in [2.75, 3.05) is 31.6 Å². The van der Waals surface area contributed by atoms with E-state index in [0.29, 0.717) is 6.61 Å². The maximum Gasteiger partial charge on any atom is 0.0431 e. The molecule has 2 aromatic rings. The third-order valence-corrected chi connectivity index (χ3v) is 5.25. The van der Waals surface area contributed by atoms with Gasteiger partial charge in [-0.25, -0.2) is 0 Å². The first-order valence-electron chi connectivity index (χ1n) is 9.47. The van der Waals surface area contributed by atoms with Gasteiger partial charge in [0.1, 0.15) is 0 Å². The number of para-hydroxylation sites is 1. The second-order valence-electron chi connectivity index (χ2n) is 7.17. The van der Waals surface area contributed by atoms with Crippen LogP contribution in [0.1, 0.15) is 31.2 Å². The van der Waals surface area contributed by atoms with Crippen molar-refractivity contribution in [3.8, 4) is 0 Å². The van der Waals surface area contributed by atoms with E-state index in [4.69, 9.17) is 5.11 Å². The number of aliphatic hydroxyl groups excluding tert-OH is 1. The molecule has 0 amide bonds. The van der Waals surface area contributed by atoms with E-state index in [2.05, 4.69) is 65.4 Å². The molecule has 2 aromatic carbocycles. The molecule has 0 aromatic heterocycles. The van der Waals surface area contributed by atoms with Crippen LogP contribution in [0.15, 0.2) is 54.6 Å². The number of rotatable bonds is 7. The third-order valence-electron chi connectivity index (χ3n) is 5.25. The topological polar surface area (TPSA) is 26.7 Å². The Bertz CT molecular complexity index is 626. The molecule has 3 rings (SSSR count). The maximum atomic E-state index is 9.03. The Balaban J connectivity index is 1.57. The summed E-state index contributed by atoms with van der Waals surface area (Å²) >= 11 is 0. The SMILES string of the molecule is CN(c1ccccc1)c1ccc(CN2CCCC(CCCO)C2)cc1. The summed E-state index contributed by atoms with van der Waals surface area (Å²) < 4.78 is 0. The molecule has 134 valence electrons. The van der Waals surface area contributed by atoms with Crippen molar-refractivity contribution in [3.05, 3.63) is 60.2 Å². The van der Waals surface area contributed by atoms with E-state index in [1.54, 1.807) is 0 Å². The Kier molecular flexibility index (Phi) is 6.48. The van der Waals surface area contributed by atoms with Gasteiger partial charge < -0.3 is 10.0 Å². The largest absolute Gasteiger partial charge is 0.396 e. The van der Waals surface area contributed by atoms with Crippen molar-refractivity contribution in [2.45, 2.75) is 32.2 Å². The maximum absolute atomic E-state index is 9.03. The van der Waals surface area contributed by atoms with Crippen LogP contribution in [0.25, 0.3) is 0 Å². The van der Waals surface area contributed by atoms with E-state index in [0.717, 1.165) is 25.3 Å². The highest BCUT2D eigenvalue weighted by atomic mass is 16.2. The lowest BCUT2D eigenvalue weighted by Crippen LogP contribution is -2.34. The lowest BCUT2D eigenvalue weighted by atomic mass is 9.93. The zero-order valence-electron chi connectivity index (χ0n) is 15.3. The molecule has 3 nitrogen and oxygen atoms in total. The average molecular weight is 338 g/mol. The van der Waals surface area contributed by atoms with Crippen molar-refractivity contribution in [3.63, 3.8) is 0 Å². The molecule has 1 saturated heterocycles. The predicted octanol–water partition coefficient (Wildman–Crippen LogP) is 4.44. The molecular formula is C22H30N2O. The standard InChI is InChI=1S/C22H30N2O/c1-23(21-9-3-2-4-10-21)22-13-11-20(12-14-22)18-24-15-5-7-19(17-24)8-6-16-25/h2-4,9-14,19,25H,5-8,15-18H2,1H3. The average Bonchev–Trinajstić information content (AvgIpc) is 2.67. The molecule has 0 radical (unpaired) electrons. The Morgan fingerprint density at radius 2 is 1.76 bits per heavy atom. The Labute approximate surface area is 151 Å². The molecule has 1 aliphatic rings. The van der Waals surface area contributed by atoms with Crippen LogP contribution in [0.4, 0.5) is 11.4 Å². The van der Waals surface area contributed by atoms with Crippen LogP contribution in [0.2, 0.25) is 0 Å². The van der Waals surface area contributed by atoms with Crippen LogP contribution in [-0.4, -0.2) is 36.8 Å². The van der Waals surface area contributed by atoms with Crippen molar-refractivity contribution >= 4 is 11.4 Å². The van der Waals surface area contributed by atoms with Gasteiger partial charge >= 0.3 is 0 Å². The molecule has 1 N–H and O–H groups in total. The molecule has 0 bridgehead atoms. The molecule has 1 heterocycles. The van der Waals surface area contributed by atoms with Crippen LogP contribution in [0, 0.1) is 5.92 Å². The van der Waals surface area contributed by atoms with Gasteiger partial charge in [0, 0.05) is 38.1 Å². The Hall–Kier alpha value is -1.84. The predicted molar refractivity (Wildman–Crippen MR) is 105 cm³/mol. The molecule has 0 saturated carbocycles. The van der Waals surface area contributed by atoms with Crippen molar-refractivity contribution < 1.29 is 5.11 Å². The number of nitrogens with zero attached hydrogens (tertiary/aromatic N) is 2. The summed E-state index contributed by atoms with van der Waals surface area (Å²) in [4.78, 5) is 4.79. The summed E-state index contributed by atoms with van der Waals surface area (Å²) in [5.41, 5.74) is 3.81. The third kappa shape index (κ3) is 5.07. The number of hydrogen-bond acceptors (Lipinski definition) is 3. The van der Waals surface area contributed by atoms with E-state index in [9.17, 15) is 0 Å². The lowest BCUT2D eigenvalue weighted by molar-refractivity contribution is 0.153. The summed E-state index contributed by atoms with van der Waals surface area (Å²) in [6.45, 7) is 3.73. The van der Waals surface area contributed by atoms with Crippen molar-refractivity contribution in [1.82, 2.24) is 4.90 Å². The summed E-state index contributed by atoms with van der Waals surface area (Å²) in [6, 6.07) is 19.4. The fourth-order valence-corrected chi connectivity index (χ4v) is 3.79. The molecule has 1 fully saturated rings. The molecule has 1 unspecified atom stereocenters. The first-order valence-corrected chi connectivity index (χ1v) is 9.47. The Morgan fingerprint density at radius 3 is 2.48 bits per heavy atom. The highest BCUT2D eigenvalue weighted by Crippen LogP contribution is 2.25. The second kappa shape index (κ2) is 9.02. The van der Waals surface area contributed by atoms with E-state index in [-0.39, 0.29) is 0 Å². The minimum atomic E-state index is 0.326. The first kappa shape index (κ1) is 18.0. The van der Waals surface area contributed by atoms with Gasteiger partial charge in [-0.3, -0.25) is 4.90 Å². The molecule has 0 aliphatic carbocycles. The normalized spacial score (nSPS) is 18.2. The number of likely N-dealkylation sites (tertiary alicyclic amines) is 1. The van der Waals surface area contributed by atoms with Gasteiger partial charge in [-0.05, 0) is 68.0 Å². The Morgan fingerprint density at radius 1 is 1.04 bits per heavy atom. The summed E-state index contributed by atoms with van der Waals surface area (Å²) in [7, 11) is 2.11. The minimum Gasteiger partial charge on any atom is -0.396 e. The first-order chi connectivity index (χ1) is 12.3. The van der Waals surface area contributed by atoms with Gasteiger partial charge in [0.05, 0.1) is 0 Å². The molecule has 1 aliphatic heterocycles. The fraction of sp³-hybridized carbons (Fsp3) is 0.455. The molecule has 1 atom stereocenters. The smallest absolute Gasteiger partial charge is 0.0431 e. The van der Waals surface area contributed by atoms with Gasteiger partial charge in [-0.15, -0.1) is 0 Å². The second-order valence-corrected chi connectivity index (χ2v) is 7.17. The molecule has 25 heavy (non-hydrogen) atoms. The summed E-state index contributed by atoms with van der Waals surface area (Å²) in [6.07, 6.45) is 4.70. The van der Waals surface area contributed by atoms with Crippen LogP contribution in [-0.2, 0) is 6.54 Å². The number of piperidine rings is 1. The summed E-state index contributed by atoms with van der Waals surface area (Å²) in [5.74, 6) is 0.754. The van der Waals surface area contributed by atoms with E-state index in [1.165, 1.54) is 42.9 Å². The number of anilines is 2. The lowest BCUT2D eigenvalue weighted by Gasteiger charge is -2.32. The van der Waals surface area contributed by atoms with Gasteiger partial charge in [0.2, 0.25) is 0 Å². The molecular weight excluding hydrogens is 308 g/mol. The van der Waals surface area contributed by atoms with Gasteiger partial charge in [-0.1, -0.05) is 30.3 Å². The zero-order chi connectivity index (χ0) is 17.5. The van der Waals surface area contributed by atoms with E-state index in [1.807, 2.05) is 6.07 Å². The van der Waals surface area contributed by atoms with Crippen molar-refractivity contribution in [2.24, 2.45) is 5.92 Å². The van der Waals surface area contributed by atoms with Gasteiger partial charge in [0.15, 0.2) is 0 Å². The summed E-state index contributed by atoms with van der Waals surface area (Å²) in [5, 5.41) is 9.03. The monoisotopic (exact) mass is 338 g/mol.